The molecular formula is C14H11ClF2N2O. The highest BCUT2D eigenvalue weighted by atomic mass is 35.5. The smallest absolute Gasteiger partial charge is 0.243 e. The molecule has 104 valence electrons. The Labute approximate surface area is 119 Å². The molecule has 0 saturated heterocycles. The normalized spacial score (nSPS) is 10.2. The van der Waals surface area contributed by atoms with E-state index in [1.165, 1.54) is 0 Å². The molecule has 0 aliphatic rings. The van der Waals surface area contributed by atoms with Gasteiger partial charge in [-0.3, -0.25) is 4.79 Å². The third-order valence-corrected chi connectivity index (χ3v) is 2.85. The second-order valence-electron chi connectivity index (χ2n) is 4.01. The minimum Gasteiger partial charge on any atom is -0.374 e. The highest BCUT2D eigenvalue weighted by Gasteiger charge is 2.08. The van der Waals surface area contributed by atoms with E-state index in [9.17, 15) is 13.6 Å². The number of halogens is 3. The lowest BCUT2D eigenvalue weighted by Gasteiger charge is -2.09. The topological polar surface area (TPSA) is 41.1 Å². The largest absolute Gasteiger partial charge is 0.374 e. The molecule has 0 fully saturated rings. The maximum absolute atomic E-state index is 13.3. The van der Waals surface area contributed by atoms with E-state index in [2.05, 4.69) is 10.6 Å². The van der Waals surface area contributed by atoms with E-state index < -0.39 is 17.5 Å². The molecule has 2 aromatic rings. The Hall–Kier alpha value is -2.14. The number of para-hydroxylation sites is 1. The number of hydrogen-bond acceptors (Lipinski definition) is 2. The Bertz CT molecular complexity index is 634. The average Bonchev–Trinajstić information content (AvgIpc) is 2.42. The number of carbonyl (C=O) groups is 1. The van der Waals surface area contributed by atoms with Crippen LogP contribution in [0.4, 0.5) is 20.2 Å². The van der Waals surface area contributed by atoms with E-state index >= 15 is 0 Å². The van der Waals surface area contributed by atoms with E-state index in [4.69, 9.17) is 11.6 Å². The van der Waals surface area contributed by atoms with Gasteiger partial charge in [0.1, 0.15) is 11.6 Å². The zero-order valence-electron chi connectivity index (χ0n) is 10.3. The summed E-state index contributed by atoms with van der Waals surface area (Å²) < 4.78 is 26.3. The van der Waals surface area contributed by atoms with Crippen LogP contribution in [-0.4, -0.2) is 12.5 Å². The lowest BCUT2D eigenvalue weighted by Crippen LogP contribution is -2.22. The van der Waals surface area contributed by atoms with Gasteiger partial charge in [-0.25, -0.2) is 8.78 Å². The molecule has 0 aromatic heterocycles. The van der Waals surface area contributed by atoms with E-state index in [1.807, 2.05) is 0 Å². The lowest BCUT2D eigenvalue weighted by molar-refractivity contribution is -0.114. The molecule has 0 aliphatic carbocycles. The van der Waals surface area contributed by atoms with Crippen LogP contribution in [0.25, 0.3) is 0 Å². The molecule has 0 atom stereocenters. The van der Waals surface area contributed by atoms with Crippen molar-refractivity contribution in [3.05, 3.63) is 59.1 Å². The fraction of sp³-hybridized carbons (Fsp3) is 0.0714. The van der Waals surface area contributed by atoms with E-state index in [0.717, 1.165) is 18.2 Å². The zero-order valence-corrected chi connectivity index (χ0v) is 11.0. The lowest BCUT2D eigenvalue weighted by atomic mass is 10.3. The van der Waals surface area contributed by atoms with E-state index in [0.29, 0.717) is 10.7 Å². The van der Waals surface area contributed by atoms with Gasteiger partial charge >= 0.3 is 0 Å². The zero-order chi connectivity index (χ0) is 14.5. The molecule has 2 N–H and O–H groups in total. The first kappa shape index (κ1) is 14.3. The van der Waals surface area contributed by atoms with Crippen LogP contribution in [0.15, 0.2) is 42.5 Å². The standard InChI is InChI=1S/C14H11ClF2N2O/c15-10-3-1-2-4-12(10)19-14(20)8-18-13-7-9(16)5-6-11(13)17/h1-7,18H,8H2,(H,19,20). The highest BCUT2D eigenvalue weighted by molar-refractivity contribution is 6.33. The number of nitrogens with one attached hydrogen (secondary N) is 2. The van der Waals surface area contributed by atoms with Gasteiger partial charge in [-0.1, -0.05) is 23.7 Å². The monoisotopic (exact) mass is 296 g/mol. The summed E-state index contributed by atoms with van der Waals surface area (Å²) in [4.78, 5) is 11.7. The van der Waals surface area contributed by atoms with Gasteiger partial charge in [0.05, 0.1) is 22.9 Å². The second kappa shape index (κ2) is 6.34. The van der Waals surface area contributed by atoms with Crippen molar-refractivity contribution >= 4 is 28.9 Å². The third-order valence-electron chi connectivity index (χ3n) is 2.52. The van der Waals surface area contributed by atoms with Gasteiger partial charge in [0.25, 0.3) is 0 Å². The molecular weight excluding hydrogens is 286 g/mol. The molecule has 2 aromatic carbocycles. The van der Waals surface area contributed by atoms with Crippen LogP contribution in [0.3, 0.4) is 0 Å². The molecule has 3 nitrogen and oxygen atoms in total. The summed E-state index contributed by atoms with van der Waals surface area (Å²) in [7, 11) is 0. The van der Waals surface area contributed by atoms with Gasteiger partial charge in [-0.2, -0.15) is 0 Å². The quantitative estimate of drug-likeness (QED) is 0.904. The minimum absolute atomic E-state index is 0.0701. The molecule has 0 bridgehead atoms. The van der Waals surface area contributed by atoms with Crippen LogP contribution >= 0.6 is 11.6 Å². The molecule has 2 rings (SSSR count). The maximum Gasteiger partial charge on any atom is 0.243 e. The minimum atomic E-state index is -0.628. The molecule has 20 heavy (non-hydrogen) atoms. The van der Waals surface area contributed by atoms with Crippen molar-refractivity contribution in [2.24, 2.45) is 0 Å². The fourth-order valence-corrected chi connectivity index (χ4v) is 1.75. The third kappa shape index (κ3) is 3.68. The SMILES string of the molecule is O=C(CNc1cc(F)ccc1F)Nc1ccccc1Cl. The summed E-state index contributed by atoms with van der Waals surface area (Å²) in [5, 5.41) is 5.49. The second-order valence-corrected chi connectivity index (χ2v) is 4.41. The van der Waals surface area contributed by atoms with Gasteiger partial charge in [-0.05, 0) is 30.3 Å². The van der Waals surface area contributed by atoms with Crippen LogP contribution in [0.5, 0.6) is 0 Å². The maximum atomic E-state index is 13.3. The Balaban J connectivity index is 1.96. The fourth-order valence-electron chi connectivity index (χ4n) is 1.57. The average molecular weight is 297 g/mol. The number of carbonyl (C=O) groups excluding carboxylic acids is 1. The first-order valence-electron chi connectivity index (χ1n) is 5.79. The Morgan fingerprint density at radius 3 is 2.60 bits per heavy atom. The molecule has 0 unspecified atom stereocenters. The van der Waals surface area contributed by atoms with Crippen LogP contribution in [0, 0.1) is 11.6 Å². The Morgan fingerprint density at radius 2 is 1.85 bits per heavy atom. The van der Waals surface area contributed by atoms with Crippen LogP contribution in [-0.2, 0) is 4.79 Å². The molecule has 0 spiro atoms. The van der Waals surface area contributed by atoms with Gasteiger partial charge in [-0.15, -0.1) is 0 Å². The Morgan fingerprint density at radius 1 is 1.10 bits per heavy atom. The molecule has 0 saturated carbocycles. The molecule has 0 radical (unpaired) electrons. The van der Waals surface area contributed by atoms with Crippen molar-refractivity contribution in [2.75, 3.05) is 17.2 Å². The van der Waals surface area contributed by atoms with Gasteiger partial charge < -0.3 is 10.6 Å². The van der Waals surface area contributed by atoms with Crippen LogP contribution in [0.2, 0.25) is 5.02 Å². The Kier molecular flexibility index (Phi) is 4.53. The summed E-state index contributed by atoms with van der Waals surface area (Å²) in [6.07, 6.45) is 0. The number of benzene rings is 2. The summed E-state index contributed by atoms with van der Waals surface area (Å²) in [6.45, 7) is -0.203. The van der Waals surface area contributed by atoms with Crippen molar-refractivity contribution < 1.29 is 13.6 Å². The molecule has 6 heteroatoms. The van der Waals surface area contributed by atoms with Crippen molar-refractivity contribution in [1.82, 2.24) is 0 Å². The summed E-state index contributed by atoms with van der Waals surface area (Å²) in [5.74, 6) is -1.63. The van der Waals surface area contributed by atoms with Crippen LogP contribution < -0.4 is 10.6 Å². The van der Waals surface area contributed by atoms with Gasteiger partial charge in [0.15, 0.2) is 0 Å². The van der Waals surface area contributed by atoms with E-state index in [-0.39, 0.29) is 12.2 Å². The van der Waals surface area contributed by atoms with Crippen molar-refractivity contribution in [3.63, 3.8) is 0 Å². The van der Waals surface area contributed by atoms with Gasteiger partial charge in [0, 0.05) is 0 Å². The van der Waals surface area contributed by atoms with Crippen molar-refractivity contribution in [3.8, 4) is 0 Å². The first-order chi connectivity index (χ1) is 9.56. The molecule has 0 aliphatic heterocycles. The van der Waals surface area contributed by atoms with Crippen molar-refractivity contribution in [1.29, 1.82) is 0 Å². The van der Waals surface area contributed by atoms with E-state index in [1.54, 1.807) is 24.3 Å². The number of anilines is 2. The highest BCUT2D eigenvalue weighted by Crippen LogP contribution is 2.20. The predicted octanol–water partition coefficient (Wildman–Crippen LogP) is 3.67. The molecule has 0 heterocycles. The number of rotatable bonds is 4. The number of hydrogen-bond donors (Lipinski definition) is 2. The summed E-state index contributed by atoms with van der Waals surface area (Å²) >= 11 is 5.89. The van der Waals surface area contributed by atoms with Crippen molar-refractivity contribution in [2.45, 2.75) is 0 Å². The number of amides is 1. The van der Waals surface area contributed by atoms with Gasteiger partial charge in [0.2, 0.25) is 5.91 Å². The summed E-state index contributed by atoms with van der Waals surface area (Å²) in [5.41, 5.74) is 0.389. The summed E-state index contributed by atoms with van der Waals surface area (Å²) in [6, 6.07) is 9.71. The molecule has 1 amide bonds. The predicted molar refractivity (Wildman–Crippen MR) is 74.9 cm³/mol. The van der Waals surface area contributed by atoms with Crippen LogP contribution in [0.1, 0.15) is 0 Å². The first-order valence-corrected chi connectivity index (χ1v) is 6.17.